The maximum atomic E-state index is 12.3. The number of benzene rings is 2. The van der Waals surface area contributed by atoms with Crippen molar-refractivity contribution in [2.75, 3.05) is 0 Å². The smallest absolute Gasteiger partial charge is 0.164 e. The van der Waals surface area contributed by atoms with Gasteiger partial charge < -0.3 is 0 Å². The maximum Gasteiger partial charge on any atom is 0.164 e. The predicted molar refractivity (Wildman–Crippen MR) is 87.3 cm³/mol. The van der Waals surface area contributed by atoms with E-state index in [2.05, 4.69) is 18.8 Å². The van der Waals surface area contributed by atoms with Crippen molar-refractivity contribution in [2.45, 2.75) is 32.6 Å². The Hall–Kier alpha value is -2.33. The summed E-state index contributed by atoms with van der Waals surface area (Å²) < 4.78 is 0. The van der Waals surface area contributed by atoms with Gasteiger partial charge in [0.15, 0.2) is 5.78 Å². The Morgan fingerprint density at radius 2 is 1.62 bits per heavy atom. The molecule has 1 nitrogen and oxygen atoms in total. The molecule has 0 N–H and O–H groups in total. The molecule has 0 heterocycles. The molecule has 2 rings (SSSR count). The molecule has 0 saturated carbocycles. The summed E-state index contributed by atoms with van der Waals surface area (Å²) in [5, 5.41) is 0. The maximum absolute atomic E-state index is 12.3. The average molecular weight is 276 g/mol. The zero-order valence-electron chi connectivity index (χ0n) is 12.4. The third-order valence-corrected chi connectivity index (χ3v) is 3.35. The largest absolute Gasteiger partial charge is 0.294 e. The molecule has 0 aliphatic heterocycles. The zero-order chi connectivity index (χ0) is 14.9. The van der Waals surface area contributed by atoms with Crippen molar-refractivity contribution in [2.24, 2.45) is 0 Å². The second-order valence-electron chi connectivity index (χ2n) is 5.04. The van der Waals surface area contributed by atoms with Crippen LogP contribution in [-0.2, 0) is 0 Å². The summed E-state index contributed by atoms with van der Waals surface area (Å²) in [6.45, 7) is 2.14. The quantitative estimate of drug-likeness (QED) is 0.433. The minimum absolute atomic E-state index is 0.196. The molecule has 0 fully saturated rings. The van der Waals surface area contributed by atoms with Gasteiger partial charge in [-0.3, -0.25) is 4.79 Å². The summed E-state index contributed by atoms with van der Waals surface area (Å²) >= 11 is 0. The third-order valence-electron chi connectivity index (χ3n) is 3.35. The fourth-order valence-electron chi connectivity index (χ4n) is 2.17. The number of hydrogen-bond acceptors (Lipinski definition) is 1. The Morgan fingerprint density at radius 3 is 2.38 bits per heavy atom. The Morgan fingerprint density at radius 1 is 0.905 bits per heavy atom. The van der Waals surface area contributed by atoms with Crippen molar-refractivity contribution in [1.82, 2.24) is 0 Å². The lowest BCUT2D eigenvalue weighted by Gasteiger charge is -2.03. The Labute approximate surface area is 127 Å². The number of unbranched alkanes of at least 4 members (excludes halogenated alkanes) is 2. The molecule has 0 saturated heterocycles. The molecule has 0 aliphatic carbocycles. The lowest BCUT2D eigenvalue weighted by molar-refractivity contribution is 0.0979. The number of ketones is 1. The fourth-order valence-corrected chi connectivity index (χ4v) is 2.17. The van der Waals surface area contributed by atoms with Crippen LogP contribution in [0.4, 0.5) is 0 Å². The average Bonchev–Trinajstić information content (AvgIpc) is 2.54. The highest BCUT2D eigenvalue weighted by atomic mass is 16.1. The number of carbonyl (C=O) groups excluding carboxylic acids is 1. The molecule has 0 radical (unpaired) electrons. The van der Waals surface area contributed by atoms with E-state index in [1.165, 1.54) is 0 Å². The molecule has 0 aliphatic rings. The van der Waals surface area contributed by atoms with Gasteiger partial charge in [0.1, 0.15) is 0 Å². The van der Waals surface area contributed by atoms with Crippen LogP contribution in [0.5, 0.6) is 0 Å². The van der Waals surface area contributed by atoms with Gasteiger partial charge in [-0.1, -0.05) is 68.0 Å². The molecule has 2 aromatic rings. The molecule has 106 valence electrons. The van der Waals surface area contributed by atoms with E-state index >= 15 is 0 Å². The van der Waals surface area contributed by atoms with Crippen molar-refractivity contribution in [3.63, 3.8) is 0 Å². The Balaban J connectivity index is 2.18. The van der Waals surface area contributed by atoms with Gasteiger partial charge in [-0.05, 0) is 24.6 Å². The van der Waals surface area contributed by atoms with Gasteiger partial charge in [0, 0.05) is 23.1 Å². The van der Waals surface area contributed by atoms with Crippen molar-refractivity contribution >= 4 is 5.78 Å². The van der Waals surface area contributed by atoms with Crippen molar-refractivity contribution < 1.29 is 4.79 Å². The third kappa shape index (κ3) is 4.61. The molecule has 1 heteroatoms. The van der Waals surface area contributed by atoms with Crippen LogP contribution in [0.2, 0.25) is 0 Å². The lowest BCUT2D eigenvalue weighted by Crippen LogP contribution is -2.01. The first-order valence-corrected chi connectivity index (χ1v) is 7.50. The first kappa shape index (κ1) is 15.1. The van der Waals surface area contributed by atoms with E-state index in [1.807, 2.05) is 54.6 Å². The molecule has 0 spiro atoms. The topological polar surface area (TPSA) is 17.1 Å². The molecule has 0 bridgehead atoms. The van der Waals surface area contributed by atoms with Gasteiger partial charge in [0.25, 0.3) is 0 Å². The minimum Gasteiger partial charge on any atom is -0.294 e. The summed E-state index contributed by atoms with van der Waals surface area (Å²) in [6.07, 6.45) is 3.79. The molecule has 0 amide bonds. The fraction of sp³-hybridized carbons (Fsp3) is 0.250. The molecule has 0 aromatic heterocycles. The molecular weight excluding hydrogens is 256 g/mol. The highest BCUT2D eigenvalue weighted by molar-refractivity contribution is 5.98. The van der Waals surface area contributed by atoms with E-state index < -0.39 is 0 Å². The normalized spacial score (nSPS) is 9.76. The second kappa shape index (κ2) is 8.07. The van der Waals surface area contributed by atoms with Gasteiger partial charge in [0.05, 0.1) is 0 Å². The summed E-state index contributed by atoms with van der Waals surface area (Å²) in [5.41, 5.74) is 2.53. The highest BCUT2D eigenvalue weighted by Crippen LogP contribution is 2.13. The summed E-state index contributed by atoms with van der Waals surface area (Å²) in [4.78, 5) is 12.3. The SMILES string of the molecule is CCCCCC(=O)c1ccccc1C#Cc1ccccc1. The summed E-state index contributed by atoms with van der Waals surface area (Å²) in [7, 11) is 0. The van der Waals surface area contributed by atoms with Gasteiger partial charge in [-0.15, -0.1) is 0 Å². The number of carbonyl (C=O) groups is 1. The van der Waals surface area contributed by atoms with E-state index in [9.17, 15) is 4.79 Å². The van der Waals surface area contributed by atoms with E-state index in [0.717, 1.165) is 36.0 Å². The molecule has 0 atom stereocenters. The van der Waals surface area contributed by atoms with Crippen molar-refractivity contribution in [1.29, 1.82) is 0 Å². The predicted octanol–water partition coefficient (Wildman–Crippen LogP) is 4.85. The number of rotatable bonds is 5. The van der Waals surface area contributed by atoms with Crippen LogP contribution < -0.4 is 0 Å². The molecule has 21 heavy (non-hydrogen) atoms. The van der Waals surface area contributed by atoms with Crippen LogP contribution in [0, 0.1) is 11.8 Å². The van der Waals surface area contributed by atoms with Crippen LogP contribution in [0.25, 0.3) is 0 Å². The first-order chi connectivity index (χ1) is 10.3. The number of Topliss-reactive ketones (excluding diaryl/α,β-unsaturated/α-hetero) is 1. The Kier molecular flexibility index (Phi) is 5.79. The lowest BCUT2D eigenvalue weighted by atomic mass is 9.99. The standard InChI is InChI=1S/C20H20O/c1-2-3-5-14-20(21)19-13-9-8-12-18(19)16-15-17-10-6-4-7-11-17/h4,6-13H,2-3,5,14H2,1H3. The van der Waals surface area contributed by atoms with Crippen LogP contribution in [0.3, 0.4) is 0 Å². The molecule has 0 unspecified atom stereocenters. The van der Waals surface area contributed by atoms with Crippen molar-refractivity contribution in [3.05, 3.63) is 71.3 Å². The highest BCUT2D eigenvalue weighted by Gasteiger charge is 2.08. The van der Waals surface area contributed by atoms with Gasteiger partial charge in [0.2, 0.25) is 0 Å². The zero-order valence-corrected chi connectivity index (χ0v) is 12.4. The van der Waals surface area contributed by atoms with Crippen LogP contribution in [-0.4, -0.2) is 5.78 Å². The van der Waals surface area contributed by atoms with Gasteiger partial charge in [-0.25, -0.2) is 0 Å². The summed E-state index contributed by atoms with van der Waals surface area (Å²) in [6, 6.07) is 17.5. The number of hydrogen-bond donors (Lipinski definition) is 0. The Bertz CT molecular complexity index is 644. The second-order valence-corrected chi connectivity index (χ2v) is 5.04. The van der Waals surface area contributed by atoms with E-state index in [-0.39, 0.29) is 5.78 Å². The van der Waals surface area contributed by atoms with Crippen LogP contribution in [0.15, 0.2) is 54.6 Å². The van der Waals surface area contributed by atoms with E-state index in [4.69, 9.17) is 0 Å². The first-order valence-electron chi connectivity index (χ1n) is 7.50. The summed E-state index contributed by atoms with van der Waals surface area (Å²) in [5.74, 6) is 6.45. The van der Waals surface area contributed by atoms with E-state index in [1.54, 1.807) is 0 Å². The van der Waals surface area contributed by atoms with Crippen molar-refractivity contribution in [3.8, 4) is 11.8 Å². The van der Waals surface area contributed by atoms with Crippen LogP contribution in [0.1, 0.15) is 54.1 Å². The monoisotopic (exact) mass is 276 g/mol. The molecule has 2 aromatic carbocycles. The van der Waals surface area contributed by atoms with Crippen LogP contribution >= 0.6 is 0 Å². The van der Waals surface area contributed by atoms with Gasteiger partial charge in [-0.2, -0.15) is 0 Å². The molecular formula is C20H20O. The minimum atomic E-state index is 0.196. The van der Waals surface area contributed by atoms with Gasteiger partial charge >= 0.3 is 0 Å². The van der Waals surface area contributed by atoms with E-state index in [0.29, 0.717) is 6.42 Å².